The number of nitrogens with zero attached hydrogens (tertiary/aromatic N) is 1. The molecule has 1 unspecified atom stereocenters. The van der Waals surface area contributed by atoms with Crippen LogP contribution < -0.4 is 10.1 Å². The maximum Gasteiger partial charge on any atom is 0.263 e. The van der Waals surface area contributed by atoms with Gasteiger partial charge < -0.3 is 15.0 Å². The van der Waals surface area contributed by atoms with E-state index >= 15 is 0 Å². The summed E-state index contributed by atoms with van der Waals surface area (Å²) in [5.41, 5.74) is 0.806. The van der Waals surface area contributed by atoms with Crippen LogP contribution in [0.2, 0.25) is 0 Å². The molecule has 0 aromatic heterocycles. The Hall–Kier alpha value is -2.82. The van der Waals surface area contributed by atoms with Crippen molar-refractivity contribution < 1.29 is 14.3 Å². The Labute approximate surface area is 154 Å². The molecule has 5 heteroatoms. The average molecular weight is 352 g/mol. The maximum absolute atomic E-state index is 12.6. The molecule has 2 amide bonds. The van der Waals surface area contributed by atoms with E-state index in [1.165, 1.54) is 0 Å². The van der Waals surface area contributed by atoms with Crippen molar-refractivity contribution in [2.45, 2.75) is 25.9 Å². The Balaban J connectivity index is 1.48. The van der Waals surface area contributed by atoms with Gasteiger partial charge in [-0.25, -0.2) is 0 Å². The number of carbonyl (C=O) groups excluding carboxylic acids is 2. The van der Waals surface area contributed by atoms with E-state index in [0.29, 0.717) is 31.7 Å². The average Bonchev–Trinajstić information content (AvgIpc) is 2.69. The molecule has 1 fully saturated rings. The monoisotopic (exact) mass is 352 g/mol. The van der Waals surface area contributed by atoms with Crippen molar-refractivity contribution in [2.24, 2.45) is 5.92 Å². The Morgan fingerprint density at radius 2 is 1.58 bits per heavy atom. The predicted octanol–water partition coefficient (Wildman–Crippen LogP) is 3.33. The zero-order valence-electron chi connectivity index (χ0n) is 14.9. The first kappa shape index (κ1) is 18.0. The van der Waals surface area contributed by atoms with Gasteiger partial charge in [0, 0.05) is 24.7 Å². The van der Waals surface area contributed by atoms with Gasteiger partial charge in [0.15, 0.2) is 6.10 Å². The number of hydrogen-bond acceptors (Lipinski definition) is 3. The number of rotatable bonds is 5. The number of hydrogen-bond donors (Lipinski definition) is 1. The fourth-order valence-electron chi connectivity index (χ4n) is 3.14. The third kappa shape index (κ3) is 4.63. The number of ether oxygens (including phenoxy) is 1. The van der Waals surface area contributed by atoms with Crippen LogP contribution in [0.25, 0.3) is 0 Å². The van der Waals surface area contributed by atoms with E-state index in [2.05, 4.69) is 5.32 Å². The van der Waals surface area contributed by atoms with Gasteiger partial charge in [-0.05, 0) is 44.0 Å². The van der Waals surface area contributed by atoms with Crippen molar-refractivity contribution >= 4 is 17.5 Å². The van der Waals surface area contributed by atoms with Crippen molar-refractivity contribution in [3.8, 4) is 5.75 Å². The molecule has 1 heterocycles. The van der Waals surface area contributed by atoms with E-state index in [0.717, 1.165) is 5.69 Å². The Morgan fingerprint density at radius 3 is 2.19 bits per heavy atom. The van der Waals surface area contributed by atoms with Gasteiger partial charge in [0.2, 0.25) is 5.91 Å². The number of piperidine rings is 1. The van der Waals surface area contributed by atoms with Crippen molar-refractivity contribution in [1.29, 1.82) is 0 Å². The molecule has 0 radical (unpaired) electrons. The standard InChI is InChI=1S/C21H24N2O3/c1-16(26-19-10-6-3-7-11-19)21(25)23-14-12-17(13-15-23)20(24)22-18-8-4-2-5-9-18/h2-11,16-17H,12-15H2,1H3,(H,22,24). The Bertz CT molecular complexity index is 725. The summed E-state index contributed by atoms with van der Waals surface area (Å²) in [6.45, 7) is 2.92. The van der Waals surface area contributed by atoms with E-state index in [9.17, 15) is 9.59 Å². The third-order valence-corrected chi connectivity index (χ3v) is 4.62. The second-order valence-corrected chi connectivity index (χ2v) is 6.53. The number of anilines is 1. The number of nitrogens with one attached hydrogen (secondary N) is 1. The molecule has 1 atom stereocenters. The van der Waals surface area contributed by atoms with Crippen LogP contribution in [0.5, 0.6) is 5.75 Å². The van der Waals surface area contributed by atoms with E-state index in [4.69, 9.17) is 4.74 Å². The summed E-state index contributed by atoms with van der Waals surface area (Å²) < 4.78 is 5.71. The minimum Gasteiger partial charge on any atom is -0.481 e. The first-order valence-electron chi connectivity index (χ1n) is 9.00. The summed E-state index contributed by atoms with van der Waals surface area (Å²) in [4.78, 5) is 26.7. The van der Waals surface area contributed by atoms with E-state index in [1.807, 2.05) is 60.7 Å². The van der Waals surface area contributed by atoms with Crippen molar-refractivity contribution in [3.05, 3.63) is 60.7 Å². The van der Waals surface area contributed by atoms with Crippen LogP contribution in [0.3, 0.4) is 0 Å². The summed E-state index contributed by atoms with van der Waals surface area (Å²) in [5.74, 6) is 0.614. The minimum absolute atomic E-state index is 0.0249. The third-order valence-electron chi connectivity index (χ3n) is 4.62. The molecule has 0 saturated carbocycles. The molecule has 0 bridgehead atoms. The van der Waals surface area contributed by atoms with Gasteiger partial charge >= 0.3 is 0 Å². The largest absolute Gasteiger partial charge is 0.481 e. The molecular formula is C21H24N2O3. The lowest BCUT2D eigenvalue weighted by Gasteiger charge is -2.33. The zero-order valence-corrected chi connectivity index (χ0v) is 14.9. The highest BCUT2D eigenvalue weighted by Gasteiger charge is 2.30. The molecule has 0 spiro atoms. The van der Waals surface area contributed by atoms with Crippen LogP contribution in [0.4, 0.5) is 5.69 Å². The molecule has 1 saturated heterocycles. The van der Waals surface area contributed by atoms with Gasteiger partial charge in [-0.3, -0.25) is 9.59 Å². The highest BCUT2D eigenvalue weighted by atomic mass is 16.5. The number of likely N-dealkylation sites (tertiary alicyclic amines) is 1. The van der Waals surface area contributed by atoms with Crippen molar-refractivity contribution in [3.63, 3.8) is 0 Å². The second kappa shape index (κ2) is 8.52. The summed E-state index contributed by atoms with van der Waals surface area (Å²) >= 11 is 0. The SMILES string of the molecule is CC(Oc1ccccc1)C(=O)N1CCC(C(=O)Nc2ccccc2)CC1. The maximum atomic E-state index is 12.6. The van der Waals surface area contributed by atoms with Gasteiger partial charge in [-0.15, -0.1) is 0 Å². The van der Waals surface area contributed by atoms with E-state index in [1.54, 1.807) is 11.8 Å². The van der Waals surface area contributed by atoms with Crippen LogP contribution in [0.15, 0.2) is 60.7 Å². The number of benzene rings is 2. The zero-order chi connectivity index (χ0) is 18.4. The molecule has 26 heavy (non-hydrogen) atoms. The van der Waals surface area contributed by atoms with E-state index < -0.39 is 6.10 Å². The number of carbonyl (C=O) groups is 2. The summed E-state index contributed by atoms with van der Waals surface area (Å²) in [7, 11) is 0. The van der Waals surface area contributed by atoms with Crippen LogP contribution in [0.1, 0.15) is 19.8 Å². The minimum atomic E-state index is -0.535. The van der Waals surface area contributed by atoms with Crippen molar-refractivity contribution in [1.82, 2.24) is 4.90 Å². The summed E-state index contributed by atoms with van der Waals surface area (Å²) in [5, 5.41) is 2.94. The Kier molecular flexibility index (Phi) is 5.89. The summed E-state index contributed by atoms with van der Waals surface area (Å²) in [6, 6.07) is 18.8. The normalized spacial score (nSPS) is 16.0. The fourth-order valence-corrected chi connectivity index (χ4v) is 3.14. The lowest BCUT2D eigenvalue weighted by atomic mass is 9.95. The molecule has 136 valence electrons. The van der Waals surface area contributed by atoms with Crippen LogP contribution >= 0.6 is 0 Å². The highest BCUT2D eigenvalue weighted by Crippen LogP contribution is 2.21. The molecule has 2 aromatic carbocycles. The quantitative estimate of drug-likeness (QED) is 0.898. The van der Waals surface area contributed by atoms with Gasteiger partial charge in [0.1, 0.15) is 5.75 Å². The first-order chi connectivity index (χ1) is 12.6. The van der Waals surface area contributed by atoms with Gasteiger partial charge in [-0.2, -0.15) is 0 Å². The molecule has 3 rings (SSSR count). The van der Waals surface area contributed by atoms with Gasteiger partial charge in [0.05, 0.1) is 0 Å². The lowest BCUT2D eigenvalue weighted by Crippen LogP contribution is -2.46. The number of para-hydroxylation sites is 2. The van der Waals surface area contributed by atoms with Gasteiger partial charge in [0.25, 0.3) is 5.91 Å². The highest BCUT2D eigenvalue weighted by molar-refractivity contribution is 5.92. The van der Waals surface area contributed by atoms with Crippen LogP contribution in [-0.4, -0.2) is 35.9 Å². The van der Waals surface area contributed by atoms with Crippen LogP contribution in [-0.2, 0) is 9.59 Å². The van der Waals surface area contributed by atoms with E-state index in [-0.39, 0.29) is 17.7 Å². The van der Waals surface area contributed by atoms with Gasteiger partial charge in [-0.1, -0.05) is 36.4 Å². The molecule has 1 N–H and O–H groups in total. The fraction of sp³-hybridized carbons (Fsp3) is 0.333. The Morgan fingerprint density at radius 1 is 1.00 bits per heavy atom. The number of amides is 2. The predicted molar refractivity (Wildman–Crippen MR) is 101 cm³/mol. The van der Waals surface area contributed by atoms with Crippen LogP contribution in [0, 0.1) is 5.92 Å². The molecule has 2 aromatic rings. The molecule has 0 aliphatic carbocycles. The lowest BCUT2D eigenvalue weighted by molar-refractivity contribution is -0.140. The first-order valence-corrected chi connectivity index (χ1v) is 9.00. The molecule has 1 aliphatic heterocycles. The topological polar surface area (TPSA) is 58.6 Å². The molecule has 5 nitrogen and oxygen atoms in total. The second-order valence-electron chi connectivity index (χ2n) is 6.53. The molecular weight excluding hydrogens is 328 g/mol. The molecule has 1 aliphatic rings. The summed E-state index contributed by atoms with van der Waals surface area (Å²) in [6.07, 6.45) is 0.803. The van der Waals surface area contributed by atoms with Crippen molar-refractivity contribution in [2.75, 3.05) is 18.4 Å². The smallest absolute Gasteiger partial charge is 0.263 e.